The van der Waals surface area contributed by atoms with E-state index >= 15 is 0 Å². The number of nitrogens with zero attached hydrogens (tertiary/aromatic N) is 1. The van der Waals surface area contributed by atoms with Crippen molar-refractivity contribution in [3.8, 4) is 0 Å². The van der Waals surface area contributed by atoms with Gasteiger partial charge in [-0.3, -0.25) is 0 Å². The average molecular weight is 325 g/mol. The summed E-state index contributed by atoms with van der Waals surface area (Å²) < 4.78 is 5.56. The molecule has 0 bridgehead atoms. The molecule has 2 rings (SSSR count). The van der Waals surface area contributed by atoms with Crippen molar-refractivity contribution < 1.29 is 9.53 Å². The quantitative estimate of drug-likeness (QED) is 0.757. The Morgan fingerprint density at radius 1 is 1.39 bits per heavy atom. The van der Waals surface area contributed by atoms with Crippen LogP contribution in [0.4, 0.5) is 4.79 Å². The van der Waals surface area contributed by atoms with Gasteiger partial charge in [0.05, 0.1) is 0 Å². The first-order valence-corrected chi connectivity index (χ1v) is 9.48. The molecule has 2 aliphatic rings. The van der Waals surface area contributed by atoms with Crippen LogP contribution in [0.5, 0.6) is 0 Å². The molecule has 2 atom stereocenters. The van der Waals surface area contributed by atoms with E-state index in [9.17, 15) is 4.79 Å². The minimum Gasteiger partial charge on any atom is -0.444 e. The zero-order valence-electron chi connectivity index (χ0n) is 15.8. The molecule has 1 aliphatic carbocycles. The van der Waals surface area contributed by atoms with Crippen LogP contribution < -0.4 is 5.32 Å². The van der Waals surface area contributed by atoms with Gasteiger partial charge in [0.15, 0.2) is 0 Å². The van der Waals surface area contributed by atoms with Crippen molar-refractivity contribution in [2.45, 2.75) is 97.2 Å². The van der Waals surface area contributed by atoms with Gasteiger partial charge in [0.2, 0.25) is 0 Å². The minimum atomic E-state index is -0.410. The van der Waals surface area contributed by atoms with Crippen LogP contribution in [0.1, 0.15) is 79.6 Å². The van der Waals surface area contributed by atoms with Gasteiger partial charge in [-0.2, -0.15) is 0 Å². The molecule has 134 valence electrons. The van der Waals surface area contributed by atoms with Gasteiger partial charge in [0.1, 0.15) is 5.60 Å². The summed E-state index contributed by atoms with van der Waals surface area (Å²) in [5.41, 5.74) is 0.177. The molecular formula is C19H36N2O2. The summed E-state index contributed by atoms with van der Waals surface area (Å²) in [6.45, 7) is 12.3. The van der Waals surface area contributed by atoms with E-state index in [0.29, 0.717) is 17.5 Å². The molecule has 1 aliphatic heterocycles. The summed E-state index contributed by atoms with van der Waals surface area (Å²) in [6, 6.07) is 0.783. The van der Waals surface area contributed by atoms with Crippen LogP contribution in [0, 0.1) is 5.41 Å². The lowest BCUT2D eigenvalue weighted by Crippen LogP contribution is -2.43. The van der Waals surface area contributed by atoms with Crippen molar-refractivity contribution in [2.75, 3.05) is 13.1 Å². The molecule has 0 aromatic carbocycles. The van der Waals surface area contributed by atoms with Gasteiger partial charge >= 0.3 is 6.09 Å². The first-order chi connectivity index (χ1) is 10.7. The highest BCUT2D eigenvalue weighted by Crippen LogP contribution is 2.49. The molecule has 4 nitrogen and oxygen atoms in total. The molecule has 0 aromatic heterocycles. The van der Waals surface area contributed by atoms with Crippen LogP contribution in [0.25, 0.3) is 0 Å². The molecule has 1 N–H and O–H groups in total. The molecule has 0 radical (unpaired) electrons. The highest BCUT2D eigenvalue weighted by Gasteiger charge is 2.41. The van der Waals surface area contributed by atoms with E-state index in [1.54, 1.807) is 0 Å². The first kappa shape index (κ1) is 18.6. The van der Waals surface area contributed by atoms with Gasteiger partial charge in [-0.05, 0) is 71.6 Å². The molecule has 0 spiro atoms. The number of rotatable bonds is 7. The van der Waals surface area contributed by atoms with E-state index in [-0.39, 0.29) is 6.09 Å². The van der Waals surface area contributed by atoms with Gasteiger partial charge < -0.3 is 15.0 Å². The average Bonchev–Trinajstić information content (AvgIpc) is 3.04. The third-order valence-electron chi connectivity index (χ3n) is 5.19. The van der Waals surface area contributed by atoms with Crippen molar-refractivity contribution in [3.05, 3.63) is 0 Å². The van der Waals surface area contributed by atoms with Crippen LogP contribution >= 0.6 is 0 Å². The molecule has 0 aromatic rings. The maximum Gasteiger partial charge on any atom is 0.410 e. The largest absolute Gasteiger partial charge is 0.444 e. The number of carbonyl (C=O) groups excluding carboxylic acids is 1. The van der Waals surface area contributed by atoms with Gasteiger partial charge in [-0.25, -0.2) is 4.79 Å². The van der Waals surface area contributed by atoms with Crippen molar-refractivity contribution >= 4 is 6.09 Å². The maximum absolute atomic E-state index is 12.3. The fraction of sp³-hybridized carbons (Fsp3) is 0.947. The summed E-state index contributed by atoms with van der Waals surface area (Å²) in [5.74, 6) is 0. The van der Waals surface area contributed by atoms with Crippen molar-refractivity contribution in [2.24, 2.45) is 5.41 Å². The third kappa shape index (κ3) is 5.66. The smallest absolute Gasteiger partial charge is 0.410 e. The summed E-state index contributed by atoms with van der Waals surface area (Å²) >= 11 is 0. The Bertz CT molecular complexity index is 399. The lowest BCUT2D eigenvalue weighted by molar-refractivity contribution is 0.0214. The van der Waals surface area contributed by atoms with Crippen LogP contribution in [0.15, 0.2) is 0 Å². The molecule has 23 heavy (non-hydrogen) atoms. The fourth-order valence-electron chi connectivity index (χ4n) is 3.75. The number of carbonyl (C=O) groups is 1. The highest BCUT2D eigenvalue weighted by atomic mass is 16.6. The molecule has 2 fully saturated rings. The van der Waals surface area contributed by atoms with E-state index in [0.717, 1.165) is 32.4 Å². The molecule has 1 heterocycles. The van der Waals surface area contributed by atoms with Gasteiger partial charge in [0, 0.05) is 25.2 Å². The van der Waals surface area contributed by atoms with Crippen LogP contribution in [-0.2, 0) is 4.74 Å². The Morgan fingerprint density at radius 2 is 2.09 bits per heavy atom. The van der Waals surface area contributed by atoms with Gasteiger partial charge in [0.25, 0.3) is 0 Å². The van der Waals surface area contributed by atoms with E-state index < -0.39 is 5.60 Å². The summed E-state index contributed by atoms with van der Waals surface area (Å²) in [5, 5.41) is 3.73. The van der Waals surface area contributed by atoms with Gasteiger partial charge in [-0.1, -0.05) is 13.3 Å². The molecule has 1 saturated carbocycles. The molecule has 1 amide bonds. The second-order valence-corrected chi connectivity index (χ2v) is 8.74. The Balaban J connectivity index is 1.78. The topological polar surface area (TPSA) is 41.6 Å². The minimum absolute atomic E-state index is 0.142. The van der Waals surface area contributed by atoms with E-state index in [1.165, 1.54) is 25.7 Å². The molecule has 4 heteroatoms. The van der Waals surface area contributed by atoms with Crippen LogP contribution in [0.3, 0.4) is 0 Å². The number of likely N-dealkylation sites (tertiary alicyclic amines) is 1. The van der Waals surface area contributed by atoms with E-state index in [1.807, 2.05) is 25.7 Å². The maximum atomic E-state index is 12.3. The molecular weight excluding hydrogens is 288 g/mol. The predicted molar refractivity (Wildman–Crippen MR) is 94.6 cm³/mol. The normalized spacial score (nSPS) is 24.6. The number of ether oxygens (including phenoxy) is 1. The van der Waals surface area contributed by atoms with Crippen LogP contribution in [0.2, 0.25) is 0 Å². The number of amides is 1. The Morgan fingerprint density at radius 3 is 2.65 bits per heavy atom. The standard InChI is InChI=1S/C19H36N2O2/c1-6-9-19(10-11-19)14-20-15(2)13-16-8-7-12-21(16)17(22)23-18(3,4)5/h15-16,20H,6-14H2,1-5H3. The zero-order valence-corrected chi connectivity index (χ0v) is 15.8. The van der Waals surface area contributed by atoms with E-state index in [2.05, 4.69) is 19.2 Å². The third-order valence-corrected chi connectivity index (χ3v) is 5.19. The molecule has 2 unspecified atom stereocenters. The summed E-state index contributed by atoms with van der Waals surface area (Å²) in [4.78, 5) is 14.3. The Labute approximate surface area is 142 Å². The van der Waals surface area contributed by atoms with E-state index in [4.69, 9.17) is 4.74 Å². The number of hydrogen-bond acceptors (Lipinski definition) is 3. The second kappa shape index (κ2) is 7.42. The summed E-state index contributed by atoms with van der Waals surface area (Å²) in [6.07, 6.45) is 8.48. The SMILES string of the molecule is CCCC1(CNC(C)CC2CCCN2C(=O)OC(C)(C)C)CC1. The number of hydrogen-bond donors (Lipinski definition) is 1. The molecule has 1 saturated heterocycles. The lowest BCUT2D eigenvalue weighted by Gasteiger charge is -2.30. The second-order valence-electron chi connectivity index (χ2n) is 8.74. The first-order valence-electron chi connectivity index (χ1n) is 9.48. The highest BCUT2D eigenvalue weighted by molar-refractivity contribution is 5.68. The van der Waals surface area contributed by atoms with Crippen molar-refractivity contribution in [3.63, 3.8) is 0 Å². The number of nitrogens with one attached hydrogen (secondary N) is 1. The predicted octanol–water partition coefficient (Wildman–Crippen LogP) is 4.33. The Kier molecular flexibility index (Phi) is 5.99. The van der Waals surface area contributed by atoms with Gasteiger partial charge in [-0.15, -0.1) is 0 Å². The fourth-order valence-corrected chi connectivity index (χ4v) is 3.75. The van der Waals surface area contributed by atoms with Crippen molar-refractivity contribution in [1.29, 1.82) is 0 Å². The zero-order chi connectivity index (χ0) is 17.1. The lowest BCUT2D eigenvalue weighted by atomic mass is 9.99. The summed E-state index contributed by atoms with van der Waals surface area (Å²) in [7, 11) is 0. The Hall–Kier alpha value is -0.770. The monoisotopic (exact) mass is 324 g/mol. The van der Waals surface area contributed by atoms with Crippen molar-refractivity contribution in [1.82, 2.24) is 10.2 Å². The van der Waals surface area contributed by atoms with Crippen LogP contribution in [-0.4, -0.2) is 41.8 Å².